The predicted molar refractivity (Wildman–Crippen MR) is 276 cm³/mol. The molecular weight excluding hydrogens is 947 g/mol. The van der Waals surface area contributed by atoms with Crippen molar-refractivity contribution in [2.45, 2.75) is 185 Å². The van der Waals surface area contributed by atoms with Crippen molar-refractivity contribution in [1.82, 2.24) is 31.9 Å². The summed E-state index contributed by atoms with van der Waals surface area (Å²) in [5.41, 5.74) is 5.28. The zero-order valence-corrected chi connectivity index (χ0v) is 44.3. The van der Waals surface area contributed by atoms with Gasteiger partial charge in [-0.15, -0.1) is 0 Å². The number of hydrogen-bond donors (Lipinski definition) is 9. The van der Waals surface area contributed by atoms with E-state index in [0.717, 1.165) is 57.8 Å². The van der Waals surface area contributed by atoms with E-state index in [4.69, 9.17) is 29.8 Å². The Morgan fingerprint density at radius 3 is 1.41 bits per heavy atom. The summed E-state index contributed by atoms with van der Waals surface area (Å²) in [7, 11) is 1.67. The van der Waals surface area contributed by atoms with E-state index in [2.05, 4.69) is 31.9 Å². The van der Waals surface area contributed by atoms with Crippen molar-refractivity contribution in [2.75, 3.05) is 86.1 Å². The fourth-order valence-corrected chi connectivity index (χ4v) is 8.45. The second-order valence-electron chi connectivity index (χ2n) is 19.1. The average molecular weight is 1040 g/mol. The molecule has 10 N–H and O–H groups in total. The predicted octanol–water partition coefficient (Wildman–Crippen LogP) is 4.02. The van der Waals surface area contributed by atoms with Crippen molar-refractivity contribution < 1.29 is 67.5 Å². The van der Waals surface area contributed by atoms with Crippen LogP contribution in [0.3, 0.4) is 0 Å². The van der Waals surface area contributed by atoms with Gasteiger partial charge in [-0.25, -0.2) is 4.79 Å². The van der Waals surface area contributed by atoms with Crippen LogP contribution in [0.15, 0.2) is 0 Å². The smallest absolute Gasteiger partial charge is 0.326 e. The number of unbranched alkanes of at least 4 members (excludes halogenated alkanes) is 16. The summed E-state index contributed by atoms with van der Waals surface area (Å²) >= 11 is 0. The summed E-state index contributed by atoms with van der Waals surface area (Å²) in [5, 5.41) is 35.0. The molecule has 1 aliphatic carbocycles. The monoisotopic (exact) mass is 1040 g/mol. The Balaban J connectivity index is 1.97. The molecule has 1 saturated carbocycles. The van der Waals surface area contributed by atoms with Gasteiger partial charge in [-0.3, -0.25) is 33.6 Å². The Labute approximate surface area is 434 Å². The zero-order chi connectivity index (χ0) is 53.6. The molecule has 0 radical (unpaired) electrons. The van der Waals surface area contributed by atoms with E-state index in [0.29, 0.717) is 45.2 Å². The number of ether oxygens (including phenoxy) is 4. The molecular formula is C52H95N7O14. The third kappa shape index (κ3) is 40.6. The van der Waals surface area contributed by atoms with Gasteiger partial charge in [0, 0.05) is 51.4 Å². The van der Waals surface area contributed by atoms with Gasteiger partial charge in [0.1, 0.15) is 19.3 Å². The van der Waals surface area contributed by atoms with Crippen LogP contribution >= 0.6 is 0 Å². The number of aliphatic carboxylic acids is 2. The second kappa shape index (κ2) is 46.1. The Bertz CT molecular complexity index is 1520. The lowest BCUT2D eigenvalue weighted by Gasteiger charge is -2.28. The highest BCUT2D eigenvalue weighted by Crippen LogP contribution is 2.29. The number of nitrogens with one attached hydrogen (secondary N) is 6. The van der Waals surface area contributed by atoms with E-state index < -0.39 is 23.9 Å². The van der Waals surface area contributed by atoms with Gasteiger partial charge in [-0.1, -0.05) is 89.9 Å². The molecule has 0 spiro atoms. The minimum absolute atomic E-state index is 0.0580. The topological polar surface area (TPSA) is 312 Å². The van der Waals surface area contributed by atoms with E-state index in [1.165, 1.54) is 64.2 Å². The molecule has 73 heavy (non-hydrogen) atoms. The van der Waals surface area contributed by atoms with Crippen LogP contribution in [0.25, 0.3) is 0 Å². The zero-order valence-electron chi connectivity index (χ0n) is 44.3. The molecule has 0 heterocycles. The largest absolute Gasteiger partial charge is 0.481 e. The van der Waals surface area contributed by atoms with Crippen molar-refractivity contribution >= 4 is 47.4 Å². The molecule has 422 valence electrons. The lowest BCUT2D eigenvalue weighted by molar-refractivity contribution is -0.143. The molecule has 0 unspecified atom stereocenters. The maximum Gasteiger partial charge on any atom is 0.326 e. The number of carboxylic acids is 2. The van der Waals surface area contributed by atoms with Gasteiger partial charge in [0.2, 0.25) is 35.4 Å². The highest BCUT2D eigenvalue weighted by Gasteiger charge is 2.30. The normalized spacial score (nSPS) is 15.2. The van der Waals surface area contributed by atoms with E-state index >= 15 is 0 Å². The molecule has 2 atom stereocenters. The minimum atomic E-state index is -1.20. The SMILES string of the molecule is CN[C@@H](CCCCNC(=O)COCCOCCNC(=O)COCCOCCNC(=O)CC[C@H](NC(=O)C1CCC(CNC(=O)CCCCCCCCCCCCCCCCCCC(=O)O)CC1)C(=O)O)C(N)=O. The van der Waals surface area contributed by atoms with Crippen molar-refractivity contribution in [3.63, 3.8) is 0 Å². The van der Waals surface area contributed by atoms with Crippen LogP contribution < -0.4 is 37.6 Å². The van der Waals surface area contributed by atoms with Gasteiger partial charge >= 0.3 is 11.9 Å². The first-order valence-corrected chi connectivity index (χ1v) is 27.4. The molecule has 0 aromatic rings. The number of rotatable bonds is 50. The number of primary amides is 1. The summed E-state index contributed by atoms with van der Waals surface area (Å²) < 4.78 is 21.4. The van der Waals surface area contributed by atoms with Gasteiger partial charge in [-0.2, -0.15) is 0 Å². The molecule has 1 fully saturated rings. The van der Waals surface area contributed by atoms with Gasteiger partial charge < -0.3 is 66.8 Å². The maximum atomic E-state index is 13.0. The van der Waals surface area contributed by atoms with Gasteiger partial charge in [0.05, 0.1) is 45.7 Å². The molecule has 1 aliphatic rings. The lowest BCUT2D eigenvalue weighted by atomic mass is 9.81. The highest BCUT2D eigenvalue weighted by atomic mass is 16.5. The number of amides is 6. The maximum absolute atomic E-state index is 13.0. The molecule has 0 bridgehead atoms. The number of likely N-dealkylation sites (N-methyl/N-ethyl adjacent to an activating group) is 1. The molecule has 0 aliphatic heterocycles. The van der Waals surface area contributed by atoms with Crippen molar-refractivity contribution in [3.8, 4) is 0 Å². The van der Waals surface area contributed by atoms with Gasteiger partial charge in [0.25, 0.3) is 0 Å². The summed E-state index contributed by atoms with van der Waals surface area (Å²) in [6.07, 6.45) is 24.2. The second-order valence-corrected chi connectivity index (χ2v) is 19.1. The van der Waals surface area contributed by atoms with E-state index in [1.54, 1.807) is 7.05 Å². The Morgan fingerprint density at radius 1 is 0.479 bits per heavy atom. The summed E-state index contributed by atoms with van der Waals surface area (Å²) in [5.74, 6) is -3.54. The van der Waals surface area contributed by atoms with Crippen LogP contribution in [0.4, 0.5) is 0 Å². The lowest BCUT2D eigenvalue weighted by Crippen LogP contribution is -2.45. The molecule has 0 aromatic carbocycles. The van der Waals surface area contributed by atoms with Crippen molar-refractivity contribution in [1.29, 1.82) is 0 Å². The molecule has 21 nitrogen and oxygen atoms in total. The summed E-state index contributed by atoms with van der Waals surface area (Å²) in [6.45, 7) is 2.47. The molecule has 0 aromatic heterocycles. The van der Waals surface area contributed by atoms with Crippen LogP contribution in [-0.2, 0) is 57.3 Å². The standard InChI is InChI=1S/C52H95N7O14/c1-54-43(50(53)66)20-18-19-29-55-47(62)39-72-36-35-71-33-31-57-48(63)40-73-37-34-70-32-30-56-46(61)28-27-44(52(68)69)59-51(67)42-25-23-41(24-26-42)38-58-45(60)21-16-14-12-10-8-6-4-2-3-5-7-9-11-13-15-17-22-49(64)65/h41-44,54H,2-40H2,1H3,(H2,53,66)(H,55,62)(H,56,61)(H,57,63)(H,58,60)(H,59,67)(H,64,65)(H,68,69)/t41?,42?,43-,44-/m0/s1. The molecule has 21 heteroatoms. The fourth-order valence-electron chi connectivity index (χ4n) is 8.45. The first-order chi connectivity index (χ1) is 35.3. The summed E-state index contributed by atoms with van der Waals surface area (Å²) in [4.78, 5) is 95.3. The minimum Gasteiger partial charge on any atom is -0.481 e. The number of carboxylic acid groups (broad SMARTS) is 2. The van der Waals surface area contributed by atoms with E-state index in [9.17, 15) is 43.5 Å². The van der Waals surface area contributed by atoms with Crippen LogP contribution in [0, 0.1) is 11.8 Å². The van der Waals surface area contributed by atoms with Crippen molar-refractivity contribution in [2.24, 2.45) is 17.6 Å². The summed E-state index contributed by atoms with van der Waals surface area (Å²) in [6, 6.07) is -1.57. The highest BCUT2D eigenvalue weighted by molar-refractivity contribution is 5.86. The Hall–Kier alpha value is -4.44. The van der Waals surface area contributed by atoms with Crippen LogP contribution in [-0.4, -0.2) is 156 Å². The van der Waals surface area contributed by atoms with Crippen molar-refractivity contribution in [3.05, 3.63) is 0 Å². The molecule has 6 amide bonds. The number of carbonyl (C=O) groups is 8. The Morgan fingerprint density at radius 2 is 0.932 bits per heavy atom. The first-order valence-electron chi connectivity index (χ1n) is 27.4. The third-order valence-electron chi connectivity index (χ3n) is 12.9. The average Bonchev–Trinajstić information content (AvgIpc) is 3.36. The molecule has 1 rings (SSSR count). The van der Waals surface area contributed by atoms with Crippen LogP contribution in [0.1, 0.15) is 173 Å². The third-order valence-corrected chi connectivity index (χ3v) is 12.9. The van der Waals surface area contributed by atoms with Gasteiger partial charge in [0.15, 0.2) is 0 Å². The Kier molecular flexibility index (Phi) is 42.1. The number of carbonyl (C=O) groups excluding carboxylic acids is 6. The van der Waals surface area contributed by atoms with Crippen LogP contribution in [0.2, 0.25) is 0 Å². The number of nitrogens with two attached hydrogens (primary N) is 1. The van der Waals surface area contributed by atoms with E-state index in [-0.39, 0.29) is 133 Å². The number of hydrogen-bond acceptors (Lipinski definition) is 13. The fraction of sp³-hybridized carbons (Fsp3) is 0.846. The molecule has 0 saturated heterocycles. The van der Waals surface area contributed by atoms with Gasteiger partial charge in [-0.05, 0) is 77.2 Å². The van der Waals surface area contributed by atoms with Crippen LogP contribution in [0.5, 0.6) is 0 Å². The van der Waals surface area contributed by atoms with E-state index in [1.807, 2.05) is 0 Å². The quantitative estimate of drug-likeness (QED) is 0.0389. The first kappa shape index (κ1) is 66.6.